The first kappa shape index (κ1) is 40.7. The van der Waals surface area contributed by atoms with Crippen molar-refractivity contribution in [2.45, 2.75) is 90.1 Å². The first-order valence-electron chi connectivity index (χ1n) is 16.7. The molecule has 1 N–H and O–H groups in total. The van der Waals surface area contributed by atoms with E-state index in [4.69, 9.17) is 39.6 Å². The fourth-order valence-electron chi connectivity index (χ4n) is 5.63. The predicted octanol–water partition coefficient (Wildman–Crippen LogP) is 2.93. The van der Waals surface area contributed by atoms with Crippen molar-refractivity contribution in [3.8, 4) is 18.4 Å². The molecule has 0 aliphatic carbocycles. The average molecular weight is 749 g/mol. The molecule has 0 saturated carbocycles. The number of carbonyl (C=O) groups is 5. The van der Waals surface area contributed by atoms with Crippen LogP contribution in [0.1, 0.15) is 66.1 Å². The number of rotatable bonds is 13. The van der Waals surface area contributed by atoms with E-state index in [0.717, 1.165) is 13.8 Å². The van der Waals surface area contributed by atoms with Gasteiger partial charge in [-0.05, 0) is 40.2 Å². The number of nitriles is 1. The molecular weight excluding hydrogens is 708 g/mol. The van der Waals surface area contributed by atoms with E-state index in [1.165, 1.54) is 10.9 Å². The summed E-state index contributed by atoms with van der Waals surface area (Å²) in [7, 11) is 0. The highest BCUT2D eigenvalue weighted by molar-refractivity contribution is 6.04. The van der Waals surface area contributed by atoms with E-state index >= 15 is 0 Å². The maximum atomic E-state index is 13.7. The number of terminal acetylenes is 1. The number of nitrogens with one attached hydrogen (secondary N) is 1. The molecule has 3 heterocycles. The van der Waals surface area contributed by atoms with Gasteiger partial charge >= 0.3 is 30.0 Å². The molecule has 1 fully saturated rings. The van der Waals surface area contributed by atoms with Crippen LogP contribution >= 0.6 is 0 Å². The van der Waals surface area contributed by atoms with Gasteiger partial charge in [-0.3, -0.25) is 19.5 Å². The molecule has 2 aromatic heterocycles. The van der Waals surface area contributed by atoms with Gasteiger partial charge in [0.2, 0.25) is 17.5 Å². The number of ether oxygens (including phenoxy) is 7. The number of carbonyl (C=O) groups excluding carboxylic acids is 5. The first-order chi connectivity index (χ1) is 25.5. The lowest BCUT2D eigenvalue weighted by molar-refractivity contribution is -0.200. The van der Waals surface area contributed by atoms with Gasteiger partial charge in [-0.1, -0.05) is 36.3 Å². The monoisotopic (exact) mass is 748 g/mol. The second-order valence-electron chi connectivity index (χ2n) is 12.8. The summed E-state index contributed by atoms with van der Waals surface area (Å²) >= 11 is 0. The standard InChI is InChI=1S/C36H40N6O12/c1-9-35(53-22(5)44)24(19-50-36(31(45)48-10-2,32(46)49-11-3)17-23-15-13-12-14-16-23)52-30(27(35)51-21(4)43)42-20-38-26-28(39-25(18-37)40-29(26)42)41-33(47)54-34(6,7)8/h1,12-16,20,24,27,30H,10-11,17,19H2,2-8H3,(H,39,40,41,47)/t24-,27+,30-,35-/m1/s1. The Hall–Kier alpha value is -6.11. The molecule has 286 valence electrons. The van der Waals surface area contributed by atoms with Crippen molar-refractivity contribution < 1.29 is 57.1 Å². The Morgan fingerprint density at radius 2 is 1.67 bits per heavy atom. The van der Waals surface area contributed by atoms with Gasteiger partial charge in [0, 0.05) is 20.3 Å². The number of esters is 4. The van der Waals surface area contributed by atoms with Gasteiger partial charge in [0.25, 0.3) is 5.60 Å². The van der Waals surface area contributed by atoms with Crippen LogP contribution in [0.4, 0.5) is 10.6 Å². The Kier molecular flexibility index (Phi) is 12.6. The Morgan fingerprint density at radius 1 is 1.02 bits per heavy atom. The Balaban J connectivity index is 1.87. The van der Waals surface area contributed by atoms with Crippen LogP contribution in [0.3, 0.4) is 0 Å². The highest BCUT2D eigenvalue weighted by Crippen LogP contribution is 2.44. The van der Waals surface area contributed by atoms with Crippen molar-refractivity contribution in [1.82, 2.24) is 19.5 Å². The summed E-state index contributed by atoms with van der Waals surface area (Å²) < 4.78 is 41.0. The fraction of sp³-hybridized carbons (Fsp3) is 0.472. The molecule has 0 bridgehead atoms. The topological polar surface area (TPSA) is 229 Å². The normalized spacial score (nSPS) is 19.5. The summed E-state index contributed by atoms with van der Waals surface area (Å²) in [5.41, 5.74) is -5.23. The van der Waals surface area contributed by atoms with E-state index < -0.39 is 77.6 Å². The molecule has 3 aromatic rings. The van der Waals surface area contributed by atoms with Crippen molar-refractivity contribution >= 4 is 47.0 Å². The lowest BCUT2D eigenvalue weighted by Crippen LogP contribution is -2.57. The molecular formula is C36H40N6O12. The van der Waals surface area contributed by atoms with Crippen LogP contribution in [0, 0.1) is 23.7 Å². The molecule has 1 aromatic carbocycles. The van der Waals surface area contributed by atoms with E-state index in [1.54, 1.807) is 71.0 Å². The molecule has 1 aliphatic rings. The molecule has 4 atom stereocenters. The number of nitrogens with zero attached hydrogens (tertiary/aromatic N) is 5. The highest BCUT2D eigenvalue weighted by atomic mass is 16.7. The number of benzene rings is 1. The van der Waals surface area contributed by atoms with Crippen LogP contribution in [0.2, 0.25) is 0 Å². The van der Waals surface area contributed by atoms with Crippen LogP contribution in [-0.2, 0) is 58.8 Å². The summed E-state index contributed by atoms with van der Waals surface area (Å²) in [5.74, 6) is -2.18. The van der Waals surface area contributed by atoms with Crippen molar-refractivity contribution in [3.63, 3.8) is 0 Å². The van der Waals surface area contributed by atoms with E-state index in [1.807, 2.05) is 0 Å². The maximum Gasteiger partial charge on any atom is 0.413 e. The van der Waals surface area contributed by atoms with Crippen LogP contribution in [0.5, 0.6) is 0 Å². The summed E-state index contributed by atoms with van der Waals surface area (Å²) in [6.07, 6.45) is 1.23. The minimum Gasteiger partial charge on any atom is -0.463 e. The molecule has 0 unspecified atom stereocenters. The number of fused-ring (bicyclic) bond motifs is 1. The maximum absolute atomic E-state index is 13.7. The smallest absolute Gasteiger partial charge is 0.413 e. The van der Waals surface area contributed by atoms with Crippen LogP contribution in [0.25, 0.3) is 11.2 Å². The van der Waals surface area contributed by atoms with Crippen LogP contribution in [-0.4, -0.2) is 98.3 Å². The van der Waals surface area contributed by atoms with Crippen molar-refractivity contribution in [3.05, 3.63) is 48.0 Å². The van der Waals surface area contributed by atoms with Gasteiger partial charge in [-0.2, -0.15) is 15.2 Å². The summed E-state index contributed by atoms with van der Waals surface area (Å²) in [6.45, 7) is 9.17. The second-order valence-corrected chi connectivity index (χ2v) is 12.8. The molecule has 0 radical (unpaired) electrons. The number of hydrogen-bond donors (Lipinski definition) is 1. The second kappa shape index (κ2) is 16.7. The minimum absolute atomic E-state index is 0.0463. The summed E-state index contributed by atoms with van der Waals surface area (Å²) in [5, 5.41) is 12.2. The highest BCUT2D eigenvalue weighted by Gasteiger charge is 2.63. The van der Waals surface area contributed by atoms with Crippen molar-refractivity contribution in [2.75, 3.05) is 25.1 Å². The van der Waals surface area contributed by atoms with Gasteiger partial charge in [0.1, 0.15) is 17.8 Å². The number of anilines is 1. The Morgan fingerprint density at radius 3 is 2.20 bits per heavy atom. The summed E-state index contributed by atoms with van der Waals surface area (Å²) in [4.78, 5) is 77.9. The third-order valence-electron chi connectivity index (χ3n) is 7.70. The predicted molar refractivity (Wildman–Crippen MR) is 185 cm³/mol. The first-order valence-corrected chi connectivity index (χ1v) is 16.7. The molecule has 4 rings (SSSR count). The van der Waals surface area contributed by atoms with Gasteiger partial charge in [-0.15, -0.1) is 6.42 Å². The van der Waals surface area contributed by atoms with Crippen LogP contribution < -0.4 is 5.32 Å². The van der Waals surface area contributed by atoms with E-state index in [-0.39, 0.29) is 36.6 Å². The average Bonchev–Trinajstić information content (AvgIpc) is 3.64. The molecule has 18 heteroatoms. The molecule has 1 amide bonds. The lowest BCUT2D eigenvalue weighted by Gasteiger charge is -2.34. The van der Waals surface area contributed by atoms with Gasteiger partial charge in [-0.25, -0.2) is 19.4 Å². The molecule has 1 aliphatic heterocycles. The molecule has 1 saturated heterocycles. The van der Waals surface area contributed by atoms with E-state index in [9.17, 15) is 29.2 Å². The van der Waals surface area contributed by atoms with Crippen molar-refractivity contribution in [1.29, 1.82) is 5.26 Å². The number of aromatic nitrogens is 4. The van der Waals surface area contributed by atoms with E-state index in [2.05, 4.69) is 26.2 Å². The molecule has 18 nitrogen and oxygen atoms in total. The van der Waals surface area contributed by atoms with Crippen molar-refractivity contribution in [2.24, 2.45) is 0 Å². The zero-order valence-corrected chi connectivity index (χ0v) is 30.7. The SMILES string of the molecule is C#C[C@@]1(OC(C)=O)[C@@H](COC(Cc2ccccc2)(C(=O)OCC)C(=O)OCC)O[C@@H](n2cnc3c(NC(=O)OC(C)(C)C)nc(C#N)nc32)[C@@H]1OC(C)=O. The van der Waals surface area contributed by atoms with Gasteiger partial charge in [0.05, 0.1) is 26.1 Å². The van der Waals surface area contributed by atoms with Gasteiger partial charge < -0.3 is 33.2 Å². The quantitative estimate of drug-likeness (QED) is 0.115. The molecule has 0 spiro atoms. The van der Waals surface area contributed by atoms with E-state index in [0.29, 0.717) is 5.56 Å². The molecule has 54 heavy (non-hydrogen) atoms. The number of hydrogen-bond acceptors (Lipinski definition) is 16. The van der Waals surface area contributed by atoms with Crippen LogP contribution in [0.15, 0.2) is 36.7 Å². The number of imidazole rings is 1. The zero-order valence-electron chi connectivity index (χ0n) is 30.7. The third kappa shape index (κ3) is 8.74. The zero-order chi connectivity index (χ0) is 39.8. The third-order valence-corrected chi connectivity index (χ3v) is 7.70. The fourth-order valence-corrected chi connectivity index (χ4v) is 5.63. The van der Waals surface area contributed by atoms with Gasteiger partial charge in [0.15, 0.2) is 23.2 Å². The lowest BCUT2D eigenvalue weighted by atomic mass is 9.91. The minimum atomic E-state index is -2.42. The summed E-state index contributed by atoms with van der Waals surface area (Å²) in [6, 6.07) is 10.3. The largest absolute Gasteiger partial charge is 0.463 e. The Bertz CT molecular complexity index is 1960. The Labute approximate surface area is 310 Å². The number of amides is 1.